The Morgan fingerprint density at radius 3 is 2.75 bits per heavy atom. The second-order valence-corrected chi connectivity index (χ2v) is 4.56. The van der Waals surface area contributed by atoms with Gasteiger partial charge in [-0.1, -0.05) is 22.4 Å². The van der Waals surface area contributed by atoms with Crippen molar-refractivity contribution in [3.8, 4) is 0 Å². The molecule has 0 aliphatic carbocycles. The van der Waals surface area contributed by atoms with E-state index in [1.54, 1.807) is 6.92 Å². The van der Waals surface area contributed by atoms with Gasteiger partial charge in [-0.15, -0.1) is 0 Å². The van der Waals surface area contributed by atoms with Crippen LogP contribution in [0.1, 0.15) is 25.0 Å². The highest BCUT2D eigenvalue weighted by Gasteiger charge is 2.11. The fourth-order valence-corrected chi connectivity index (χ4v) is 1.83. The maximum atomic E-state index is 13.7. The Hall–Kier alpha value is -0.710. The standard InChI is InChI=1S/C11H17BrFN3/c1-9-10(13)11(15-8-14-9)16(2)7-5-3-4-6-12/h8H,3-7H2,1-2H3. The second-order valence-electron chi connectivity index (χ2n) is 3.77. The topological polar surface area (TPSA) is 29.0 Å². The van der Waals surface area contributed by atoms with E-state index in [1.165, 1.54) is 6.33 Å². The predicted molar refractivity (Wildman–Crippen MR) is 67.6 cm³/mol. The van der Waals surface area contributed by atoms with Gasteiger partial charge in [0, 0.05) is 18.9 Å². The van der Waals surface area contributed by atoms with Crippen molar-refractivity contribution in [1.82, 2.24) is 9.97 Å². The molecule has 0 aliphatic rings. The summed E-state index contributed by atoms with van der Waals surface area (Å²) in [6, 6.07) is 0. The summed E-state index contributed by atoms with van der Waals surface area (Å²) in [6.45, 7) is 2.47. The molecule has 0 radical (unpaired) electrons. The molecule has 0 amide bonds. The Kier molecular flexibility index (Phi) is 5.66. The summed E-state index contributed by atoms with van der Waals surface area (Å²) >= 11 is 3.39. The molecule has 0 atom stereocenters. The Morgan fingerprint density at radius 2 is 2.06 bits per heavy atom. The van der Waals surface area contributed by atoms with E-state index in [0.29, 0.717) is 11.5 Å². The number of hydrogen-bond donors (Lipinski definition) is 0. The van der Waals surface area contributed by atoms with Crippen molar-refractivity contribution in [2.75, 3.05) is 23.8 Å². The van der Waals surface area contributed by atoms with E-state index in [-0.39, 0.29) is 5.82 Å². The lowest BCUT2D eigenvalue weighted by Gasteiger charge is -2.18. The molecular weight excluding hydrogens is 273 g/mol. The van der Waals surface area contributed by atoms with Gasteiger partial charge in [-0.05, 0) is 19.8 Å². The number of hydrogen-bond acceptors (Lipinski definition) is 3. The molecule has 0 saturated carbocycles. The van der Waals surface area contributed by atoms with Crippen LogP contribution in [-0.4, -0.2) is 28.9 Å². The van der Waals surface area contributed by atoms with Gasteiger partial charge >= 0.3 is 0 Å². The zero-order valence-electron chi connectivity index (χ0n) is 9.71. The number of anilines is 1. The molecule has 1 rings (SSSR count). The monoisotopic (exact) mass is 289 g/mol. The molecule has 1 aromatic rings. The number of aryl methyl sites for hydroxylation is 1. The molecular formula is C11H17BrFN3. The molecule has 0 spiro atoms. The summed E-state index contributed by atoms with van der Waals surface area (Å²) in [4.78, 5) is 9.63. The van der Waals surface area contributed by atoms with Gasteiger partial charge in [0.05, 0.1) is 5.69 Å². The number of unbranched alkanes of at least 4 members (excludes halogenated alkanes) is 2. The molecule has 0 fully saturated rings. The highest BCUT2D eigenvalue weighted by atomic mass is 79.9. The lowest BCUT2D eigenvalue weighted by Crippen LogP contribution is -2.21. The van der Waals surface area contributed by atoms with Crippen LogP contribution in [0.3, 0.4) is 0 Å². The molecule has 0 saturated heterocycles. The van der Waals surface area contributed by atoms with Gasteiger partial charge in [0.25, 0.3) is 0 Å². The molecule has 0 bridgehead atoms. The normalized spacial score (nSPS) is 10.5. The quantitative estimate of drug-likeness (QED) is 0.596. The van der Waals surface area contributed by atoms with Crippen LogP contribution in [-0.2, 0) is 0 Å². The van der Waals surface area contributed by atoms with Crippen molar-refractivity contribution >= 4 is 21.7 Å². The van der Waals surface area contributed by atoms with Gasteiger partial charge in [-0.3, -0.25) is 0 Å². The fraction of sp³-hybridized carbons (Fsp3) is 0.636. The first-order valence-corrected chi connectivity index (χ1v) is 6.53. The maximum absolute atomic E-state index is 13.7. The predicted octanol–water partition coefficient (Wildman–Crippen LogP) is 2.93. The molecule has 0 unspecified atom stereocenters. The van der Waals surface area contributed by atoms with E-state index in [9.17, 15) is 4.39 Å². The van der Waals surface area contributed by atoms with Gasteiger partial charge in [-0.25, -0.2) is 14.4 Å². The largest absolute Gasteiger partial charge is 0.357 e. The number of alkyl halides is 1. The van der Waals surface area contributed by atoms with Crippen molar-refractivity contribution in [2.24, 2.45) is 0 Å². The van der Waals surface area contributed by atoms with Crippen LogP contribution >= 0.6 is 15.9 Å². The third kappa shape index (κ3) is 3.70. The van der Waals surface area contributed by atoms with Gasteiger partial charge < -0.3 is 4.90 Å². The first-order chi connectivity index (χ1) is 7.66. The summed E-state index contributed by atoms with van der Waals surface area (Å²) in [6.07, 6.45) is 4.74. The number of nitrogens with zero attached hydrogens (tertiary/aromatic N) is 3. The van der Waals surface area contributed by atoms with Crippen LogP contribution < -0.4 is 4.90 Å². The van der Waals surface area contributed by atoms with Gasteiger partial charge in [0.1, 0.15) is 6.33 Å². The minimum atomic E-state index is -0.314. The van der Waals surface area contributed by atoms with Gasteiger partial charge in [0.2, 0.25) is 0 Å². The van der Waals surface area contributed by atoms with Crippen molar-refractivity contribution in [3.05, 3.63) is 17.8 Å². The highest BCUT2D eigenvalue weighted by Crippen LogP contribution is 2.16. The summed E-state index contributed by atoms with van der Waals surface area (Å²) in [5, 5.41) is 1.03. The summed E-state index contributed by atoms with van der Waals surface area (Å²) < 4.78 is 13.7. The first kappa shape index (κ1) is 13.4. The maximum Gasteiger partial charge on any atom is 0.186 e. The van der Waals surface area contributed by atoms with Gasteiger partial charge in [0.15, 0.2) is 11.6 Å². The third-order valence-electron chi connectivity index (χ3n) is 2.43. The molecule has 0 aromatic carbocycles. The lowest BCUT2D eigenvalue weighted by atomic mass is 10.2. The van der Waals surface area contributed by atoms with E-state index in [0.717, 1.165) is 31.1 Å². The molecule has 90 valence electrons. The Bertz CT molecular complexity index is 333. The average molecular weight is 290 g/mol. The Morgan fingerprint density at radius 1 is 1.31 bits per heavy atom. The molecule has 1 heterocycles. The van der Waals surface area contributed by atoms with E-state index in [2.05, 4.69) is 25.9 Å². The molecule has 5 heteroatoms. The number of halogens is 2. The summed E-state index contributed by atoms with van der Waals surface area (Å²) in [5.41, 5.74) is 0.400. The smallest absolute Gasteiger partial charge is 0.186 e. The van der Waals surface area contributed by atoms with Crippen LogP contribution in [0.15, 0.2) is 6.33 Å². The lowest BCUT2D eigenvalue weighted by molar-refractivity contribution is 0.591. The zero-order valence-corrected chi connectivity index (χ0v) is 11.3. The van der Waals surface area contributed by atoms with Crippen LogP contribution in [0.4, 0.5) is 10.2 Å². The molecule has 3 nitrogen and oxygen atoms in total. The summed E-state index contributed by atoms with van der Waals surface area (Å²) in [5.74, 6) is 0.0804. The molecule has 0 N–H and O–H groups in total. The van der Waals surface area contributed by atoms with Crippen LogP contribution in [0.25, 0.3) is 0 Å². The third-order valence-corrected chi connectivity index (χ3v) is 2.99. The Labute approximate surface area is 104 Å². The van der Waals surface area contributed by atoms with Crippen molar-refractivity contribution in [1.29, 1.82) is 0 Å². The van der Waals surface area contributed by atoms with E-state index >= 15 is 0 Å². The number of rotatable bonds is 6. The zero-order chi connectivity index (χ0) is 12.0. The van der Waals surface area contributed by atoms with E-state index in [1.807, 2.05) is 11.9 Å². The van der Waals surface area contributed by atoms with E-state index < -0.39 is 0 Å². The molecule has 1 aromatic heterocycles. The van der Waals surface area contributed by atoms with Crippen molar-refractivity contribution in [3.63, 3.8) is 0 Å². The minimum absolute atomic E-state index is 0.314. The van der Waals surface area contributed by atoms with Crippen LogP contribution in [0, 0.1) is 12.7 Å². The van der Waals surface area contributed by atoms with Crippen LogP contribution in [0.2, 0.25) is 0 Å². The molecule has 0 aliphatic heterocycles. The van der Waals surface area contributed by atoms with Crippen LogP contribution in [0.5, 0.6) is 0 Å². The average Bonchev–Trinajstić information content (AvgIpc) is 2.28. The SMILES string of the molecule is Cc1ncnc(N(C)CCCCCBr)c1F. The summed E-state index contributed by atoms with van der Waals surface area (Å²) in [7, 11) is 1.86. The van der Waals surface area contributed by atoms with Crippen molar-refractivity contribution in [2.45, 2.75) is 26.2 Å². The van der Waals surface area contributed by atoms with E-state index in [4.69, 9.17) is 0 Å². The van der Waals surface area contributed by atoms with Crippen molar-refractivity contribution < 1.29 is 4.39 Å². The Balaban J connectivity index is 2.52. The number of aromatic nitrogens is 2. The fourth-order valence-electron chi connectivity index (χ4n) is 1.44. The second kappa shape index (κ2) is 6.78. The first-order valence-electron chi connectivity index (χ1n) is 5.41. The minimum Gasteiger partial charge on any atom is -0.357 e. The highest BCUT2D eigenvalue weighted by molar-refractivity contribution is 9.09. The van der Waals surface area contributed by atoms with Gasteiger partial charge in [-0.2, -0.15) is 0 Å². The molecule has 16 heavy (non-hydrogen) atoms.